The number of hydrogen-bond donors (Lipinski definition) is 1. The zero-order valence-electron chi connectivity index (χ0n) is 14.5. The third-order valence-corrected chi connectivity index (χ3v) is 9.54. The predicted molar refractivity (Wildman–Crippen MR) is 93.3 cm³/mol. The van der Waals surface area contributed by atoms with E-state index in [2.05, 4.69) is 33.9 Å². The number of rotatable bonds is 4. The van der Waals surface area contributed by atoms with Gasteiger partial charge < -0.3 is 14.3 Å². The molecule has 1 aromatic carbocycles. The van der Waals surface area contributed by atoms with E-state index >= 15 is 0 Å². The van der Waals surface area contributed by atoms with Crippen LogP contribution >= 0.6 is 0 Å². The molecule has 0 fully saturated rings. The zero-order chi connectivity index (χ0) is 16.6. The van der Waals surface area contributed by atoms with Gasteiger partial charge in [0.1, 0.15) is 11.7 Å². The minimum atomic E-state index is -1.94. The Morgan fingerprint density at radius 2 is 1.86 bits per heavy atom. The summed E-state index contributed by atoms with van der Waals surface area (Å²) in [5, 5.41) is 11.4. The first-order chi connectivity index (χ1) is 10.1. The quantitative estimate of drug-likeness (QED) is 0.854. The fourth-order valence-corrected chi connectivity index (χ4v) is 3.49. The molecule has 122 valence electrons. The number of methoxy groups -OCH3 is 1. The topological polar surface area (TPSA) is 38.7 Å². The van der Waals surface area contributed by atoms with Crippen molar-refractivity contribution < 1.29 is 14.3 Å². The maximum absolute atomic E-state index is 11.3. The van der Waals surface area contributed by atoms with Crippen LogP contribution in [0.1, 0.15) is 31.9 Å². The zero-order valence-corrected chi connectivity index (χ0v) is 15.5. The van der Waals surface area contributed by atoms with E-state index in [4.69, 9.17) is 9.16 Å². The van der Waals surface area contributed by atoms with Crippen molar-refractivity contribution in [2.24, 2.45) is 0 Å². The first-order valence-electron chi connectivity index (χ1n) is 7.79. The molecule has 0 unspecified atom stereocenters. The second-order valence-corrected chi connectivity index (χ2v) is 12.4. The molecule has 1 aliphatic carbocycles. The molecule has 0 spiro atoms. The van der Waals surface area contributed by atoms with Crippen molar-refractivity contribution >= 4 is 14.4 Å². The number of benzene rings is 1. The van der Waals surface area contributed by atoms with Crippen molar-refractivity contribution in [3.63, 3.8) is 0 Å². The van der Waals surface area contributed by atoms with E-state index in [1.807, 2.05) is 36.4 Å². The Kier molecular flexibility index (Phi) is 4.69. The standard InChI is InChI=1S/C18H28O3Si/c1-17(2,3)22(5,6)21-13-18(19)15-10-8-7-9-14(15)11-12-16(18)20-4/h7-12,16,19H,13H2,1-6H3/t16-,18-/m0/s1. The lowest BCUT2D eigenvalue weighted by Crippen LogP contribution is -2.50. The summed E-state index contributed by atoms with van der Waals surface area (Å²) < 4.78 is 11.8. The van der Waals surface area contributed by atoms with Gasteiger partial charge in [0.15, 0.2) is 8.32 Å². The molecule has 0 aromatic heterocycles. The van der Waals surface area contributed by atoms with E-state index in [1.165, 1.54) is 0 Å². The summed E-state index contributed by atoms with van der Waals surface area (Å²) in [6.07, 6.45) is 3.52. The molecule has 0 saturated carbocycles. The van der Waals surface area contributed by atoms with Gasteiger partial charge in [-0.15, -0.1) is 0 Å². The molecular formula is C18H28O3Si. The van der Waals surface area contributed by atoms with E-state index in [0.717, 1.165) is 11.1 Å². The maximum Gasteiger partial charge on any atom is 0.192 e. The Bertz CT molecular complexity index is 560. The molecule has 1 N–H and O–H groups in total. The van der Waals surface area contributed by atoms with Crippen LogP contribution in [0.2, 0.25) is 18.1 Å². The Hall–Kier alpha value is -0.943. The summed E-state index contributed by atoms with van der Waals surface area (Å²) in [4.78, 5) is 0. The van der Waals surface area contributed by atoms with Crippen LogP contribution in [0.4, 0.5) is 0 Å². The van der Waals surface area contributed by atoms with Gasteiger partial charge in [-0.05, 0) is 29.3 Å². The largest absolute Gasteiger partial charge is 0.413 e. The van der Waals surface area contributed by atoms with E-state index in [0.29, 0.717) is 0 Å². The van der Waals surface area contributed by atoms with Crippen molar-refractivity contribution in [2.75, 3.05) is 13.7 Å². The number of hydrogen-bond acceptors (Lipinski definition) is 3. The molecule has 0 bridgehead atoms. The van der Waals surface area contributed by atoms with Crippen LogP contribution in [-0.4, -0.2) is 33.2 Å². The van der Waals surface area contributed by atoms with E-state index in [1.54, 1.807) is 7.11 Å². The lowest BCUT2D eigenvalue weighted by Gasteiger charge is -2.42. The van der Waals surface area contributed by atoms with Gasteiger partial charge in [0.2, 0.25) is 0 Å². The molecule has 2 atom stereocenters. The minimum Gasteiger partial charge on any atom is -0.413 e. The highest BCUT2D eigenvalue weighted by Crippen LogP contribution is 2.40. The lowest BCUT2D eigenvalue weighted by atomic mass is 9.81. The number of ether oxygens (including phenoxy) is 1. The summed E-state index contributed by atoms with van der Waals surface area (Å²) in [6, 6.07) is 7.89. The second kappa shape index (κ2) is 5.93. The molecule has 3 nitrogen and oxygen atoms in total. The van der Waals surface area contributed by atoms with E-state index < -0.39 is 20.0 Å². The molecule has 2 rings (SSSR count). The SMILES string of the molecule is CO[C@H]1C=Cc2ccccc2[C@@]1(O)CO[Si](C)(C)C(C)(C)C. The predicted octanol–water partition coefficient (Wildman–Crippen LogP) is 3.94. The van der Waals surface area contributed by atoms with Crippen LogP contribution in [0.25, 0.3) is 6.08 Å². The van der Waals surface area contributed by atoms with Crippen LogP contribution in [0.15, 0.2) is 30.3 Å². The van der Waals surface area contributed by atoms with Gasteiger partial charge in [-0.2, -0.15) is 0 Å². The van der Waals surface area contributed by atoms with Crippen molar-refractivity contribution in [1.29, 1.82) is 0 Å². The molecule has 0 heterocycles. The Morgan fingerprint density at radius 3 is 2.45 bits per heavy atom. The van der Waals surface area contributed by atoms with E-state index in [-0.39, 0.29) is 11.6 Å². The summed E-state index contributed by atoms with van der Waals surface area (Å²) in [5.41, 5.74) is 0.760. The van der Waals surface area contributed by atoms with Crippen LogP contribution < -0.4 is 0 Å². The molecule has 0 saturated heterocycles. The van der Waals surface area contributed by atoms with E-state index in [9.17, 15) is 5.11 Å². The van der Waals surface area contributed by atoms with Crippen molar-refractivity contribution in [3.8, 4) is 0 Å². The van der Waals surface area contributed by atoms with Gasteiger partial charge in [0.05, 0.1) is 6.61 Å². The summed E-state index contributed by atoms with van der Waals surface area (Å²) in [5.74, 6) is 0. The third-order valence-electron chi connectivity index (χ3n) is 5.06. The first-order valence-corrected chi connectivity index (χ1v) is 10.7. The Balaban J connectivity index is 2.32. The summed E-state index contributed by atoms with van der Waals surface area (Å²) >= 11 is 0. The number of aliphatic hydroxyl groups is 1. The molecular weight excluding hydrogens is 292 g/mol. The first kappa shape index (κ1) is 17.4. The maximum atomic E-state index is 11.3. The van der Waals surface area contributed by atoms with Crippen LogP contribution in [0.3, 0.4) is 0 Å². The molecule has 4 heteroatoms. The average Bonchev–Trinajstić information content (AvgIpc) is 2.45. The highest BCUT2D eigenvalue weighted by molar-refractivity contribution is 6.74. The molecule has 22 heavy (non-hydrogen) atoms. The molecule has 1 aliphatic rings. The van der Waals surface area contributed by atoms with Crippen molar-refractivity contribution in [2.45, 2.75) is 50.6 Å². The Morgan fingerprint density at radius 1 is 1.23 bits per heavy atom. The van der Waals surface area contributed by atoms with Gasteiger partial charge in [0.25, 0.3) is 0 Å². The highest BCUT2D eigenvalue weighted by atomic mass is 28.4. The normalized spacial score (nSPS) is 25.1. The Labute approximate surface area is 135 Å². The van der Waals surface area contributed by atoms with Crippen molar-refractivity contribution in [1.82, 2.24) is 0 Å². The smallest absolute Gasteiger partial charge is 0.192 e. The monoisotopic (exact) mass is 320 g/mol. The van der Waals surface area contributed by atoms with Crippen molar-refractivity contribution in [3.05, 3.63) is 41.5 Å². The van der Waals surface area contributed by atoms with Gasteiger partial charge >= 0.3 is 0 Å². The minimum absolute atomic E-state index is 0.107. The van der Waals surface area contributed by atoms with Crippen LogP contribution in [-0.2, 0) is 14.8 Å². The summed E-state index contributed by atoms with van der Waals surface area (Å²) in [7, 11) is -0.314. The third kappa shape index (κ3) is 3.06. The van der Waals surface area contributed by atoms with Crippen LogP contribution in [0, 0.1) is 0 Å². The average molecular weight is 321 g/mol. The molecule has 0 radical (unpaired) electrons. The summed E-state index contributed by atoms with van der Waals surface area (Å²) in [6.45, 7) is 11.2. The van der Waals surface area contributed by atoms with Crippen LogP contribution in [0.5, 0.6) is 0 Å². The molecule has 0 amide bonds. The van der Waals surface area contributed by atoms with Gasteiger partial charge in [-0.25, -0.2) is 0 Å². The van der Waals surface area contributed by atoms with Gasteiger partial charge in [-0.1, -0.05) is 57.2 Å². The number of fused-ring (bicyclic) bond motifs is 1. The fourth-order valence-electron chi connectivity index (χ4n) is 2.48. The van der Waals surface area contributed by atoms with Gasteiger partial charge in [-0.3, -0.25) is 0 Å². The molecule has 1 aromatic rings. The van der Waals surface area contributed by atoms with Gasteiger partial charge in [0, 0.05) is 7.11 Å². The molecule has 0 aliphatic heterocycles. The fraction of sp³-hybridized carbons (Fsp3) is 0.556. The highest BCUT2D eigenvalue weighted by Gasteiger charge is 2.45. The second-order valence-electron chi connectivity index (χ2n) is 7.58. The lowest BCUT2D eigenvalue weighted by molar-refractivity contribution is -0.103.